The van der Waals surface area contributed by atoms with Gasteiger partial charge in [-0.2, -0.15) is 0 Å². The van der Waals surface area contributed by atoms with E-state index in [0.717, 1.165) is 0 Å². The second-order valence-corrected chi connectivity index (χ2v) is 4.24. The summed E-state index contributed by atoms with van der Waals surface area (Å²) in [6, 6.07) is 0.331. The minimum Gasteiger partial charge on any atom is -0.353 e. The lowest BCUT2D eigenvalue weighted by atomic mass is 9.88. The van der Waals surface area contributed by atoms with Crippen LogP contribution in [0.15, 0.2) is 0 Å². The van der Waals surface area contributed by atoms with Gasteiger partial charge in [0.25, 0.3) is 0 Å². The molecule has 2 heteroatoms. The first-order valence-corrected chi connectivity index (χ1v) is 5.26. The van der Waals surface area contributed by atoms with E-state index in [9.17, 15) is 4.79 Å². The largest absolute Gasteiger partial charge is 0.353 e. The molecule has 0 saturated carbocycles. The van der Waals surface area contributed by atoms with Crippen LogP contribution in [0.1, 0.15) is 47.5 Å². The van der Waals surface area contributed by atoms with Gasteiger partial charge in [0.1, 0.15) is 0 Å². The summed E-state index contributed by atoms with van der Waals surface area (Å²) < 4.78 is 0. The second kappa shape index (κ2) is 6.01. The Morgan fingerprint density at radius 2 is 1.85 bits per heavy atom. The lowest BCUT2D eigenvalue weighted by molar-refractivity contribution is -0.120. The maximum atomic E-state index is 11.0. The standard InChI is InChI=1S/C11H23NO/c1-6-7-9(4)11(8(2)3)12-10(5)13/h8-9,11H,6-7H2,1-5H3,(H,12,13). The van der Waals surface area contributed by atoms with E-state index in [0.29, 0.717) is 17.9 Å². The molecule has 0 fully saturated rings. The number of nitrogens with one attached hydrogen (secondary N) is 1. The molecule has 0 rings (SSSR count). The summed E-state index contributed by atoms with van der Waals surface area (Å²) >= 11 is 0. The highest BCUT2D eigenvalue weighted by molar-refractivity contribution is 5.73. The first kappa shape index (κ1) is 12.5. The molecule has 0 spiro atoms. The predicted octanol–water partition coefficient (Wildman–Crippen LogP) is 2.58. The third-order valence-electron chi connectivity index (χ3n) is 2.45. The Kier molecular flexibility index (Phi) is 5.76. The summed E-state index contributed by atoms with van der Waals surface area (Å²) in [6.07, 6.45) is 2.37. The molecule has 2 atom stereocenters. The zero-order chi connectivity index (χ0) is 10.4. The van der Waals surface area contributed by atoms with E-state index in [-0.39, 0.29) is 5.91 Å². The van der Waals surface area contributed by atoms with Crippen LogP contribution in [0.2, 0.25) is 0 Å². The summed E-state index contributed by atoms with van der Waals surface area (Å²) in [4.78, 5) is 11.0. The van der Waals surface area contributed by atoms with Gasteiger partial charge in [0.15, 0.2) is 0 Å². The van der Waals surface area contributed by atoms with E-state index in [4.69, 9.17) is 0 Å². The molecule has 13 heavy (non-hydrogen) atoms. The molecule has 2 unspecified atom stereocenters. The number of rotatable bonds is 5. The van der Waals surface area contributed by atoms with Crippen LogP contribution in [0.4, 0.5) is 0 Å². The van der Waals surface area contributed by atoms with Crippen molar-refractivity contribution in [3.63, 3.8) is 0 Å². The number of carbonyl (C=O) groups is 1. The van der Waals surface area contributed by atoms with Crippen LogP contribution in [0.25, 0.3) is 0 Å². The Balaban J connectivity index is 4.14. The topological polar surface area (TPSA) is 29.1 Å². The molecule has 78 valence electrons. The summed E-state index contributed by atoms with van der Waals surface area (Å²) in [7, 11) is 0. The summed E-state index contributed by atoms with van der Waals surface area (Å²) in [5.41, 5.74) is 0. The molecule has 0 aliphatic carbocycles. The lowest BCUT2D eigenvalue weighted by Gasteiger charge is -2.27. The highest BCUT2D eigenvalue weighted by Gasteiger charge is 2.20. The fraction of sp³-hybridized carbons (Fsp3) is 0.909. The minimum absolute atomic E-state index is 0.0849. The quantitative estimate of drug-likeness (QED) is 0.701. The number of carbonyl (C=O) groups excluding carboxylic acids is 1. The van der Waals surface area contributed by atoms with E-state index < -0.39 is 0 Å². The van der Waals surface area contributed by atoms with Gasteiger partial charge in [0, 0.05) is 13.0 Å². The Bertz CT molecular complexity index is 154. The smallest absolute Gasteiger partial charge is 0.217 e. The summed E-state index contributed by atoms with van der Waals surface area (Å²) in [6.45, 7) is 10.3. The van der Waals surface area contributed by atoms with E-state index in [1.807, 2.05) is 0 Å². The molecule has 0 saturated heterocycles. The van der Waals surface area contributed by atoms with Gasteiger partial charge in [0.05, 0.1) is 0 Å². The average molecular weight is 185 g/mol. The molecule has 0 aromatic heterocycles. The fourth-order valence-corrected chi connectivity index (χ4v) is 1.84. The van der Waals surface area contributed by atoms with Crippen molar-refractivity contribution in [2.75, 3.05) is 0 Å². The Hall–Kier alpha value is -0.530. The molecule has 0 aromatic rings. The predicted molar refractivity (Wildman–Crippen MR) is 56.5 cm³/mol. The fourth-order valence-electron chi connectivity index (χ4n) is 1.84. The van der Waals surface area contributed by atoms with Gasteiger partial charge in [0.2, 0.25) is 5.91 Å². The van der Waals surface area contributed by atoms with E-state index in [1.54, 1.807) is 6.92 Å². The van der Waals surface area contributed by atoms with Crippen molar-refractivity contribution in [3.05, 3.63) is 0 Å². The van der Waals surface area contributed by atoms with Crippen LogP contribution >= 0.6 is 0 Å². The maximum Gasteiger partial charge on any atom is 0.217 e. The lowest BCUT2D eigenvalue weighted by Crippen LogP contribution is -2.41. The van der Waals surface area contributed by atoms with Crippen LogP contribution in [-0.2, 0) is 4.79 Å². The normalized spacial score (nSPS) is 15.5. The Morgan fingerprint density at radius 3 is 2.15 bits per heavy atom. The van der Waals surface area contributed by atoms with Crippen molar-refractivity contribution < 1.29 is 4.79 Å². The molecule has 0 aliphatic rings. The van der Waals surface area contributed by atoms with Crippen LogP contribution in [0.3, 0.4) is 0 Å². The Labute approximate surface area is 82.1 Å². The van der Waals surface area contributed by atoms with Crippen LogP contribution in [0, 0.1) is 11.8 Å². The second-order valence-electron chi connectivity index (χ2n) is 4.24. The molecular weight excluding hydrogens is 162 g/mol. The van der Waals surface area contributed by atoms with Gasteiger partial charge in [-0.1, -0.05) is 34.1 Å². The average Bonchev–Trinajstić information content (AvgIpc) is 1.99. The monoisotopic (exact) mass is 185 g/mol. The molecule has 1 amide bonds. The van der Waals surface area contributed by atoms with Crippen LogP contribution in [0.5, 0.6) is 0 Å². The first-order valence-electron chi connectivity index (χ1n) is 5.26. The SMILES string of the molecule is CCCC(C)C(NC(C)=O)C(C)C. The van der Waals surface area contributed by atoms with Crippen molar-refractivity contribution in [3.8, 4) is 0 Å². The number of hydrogen-bond donors (Lipinski definition) is 1. The maximum absolute atomic E-state index is 11.0. The third kappa shape index (κ3) is 4.91. The van der Waals surface area contributed by atoms with Crippen LogP contribution < -0.4 is 5.32 Å². The van der Waals surface area contributed by atoms with E-state index in [2.05, 4.69) is 33.0 Å². The first-order chi connectivity index (χ1) is 5.99. The van der Waals surface area contributed by atoms with Crippen molar-refractivity contribution in [1.29, 1.82) is 0 Å². The molecule has 0 aliphatic heterocycles. The molecule has 2 nitrogen and oxygen atoms in total. The molecule has 0 aromatic carbocycles. The number of amides is 1. The molecule has 0 radical (unpaired) electrons. The van der Waals surface area contributed by atoms with Crippen LogP contribution in [-0.4, -0.2) is 11.9 Å². The van der Waals surface area contributed by atoms with Crippen molar-refractivity contribution >= 4 is 5.91 Å². The van der Waals surface area contributed by atoms with Crippen molar-refractivity contribution in [2.45, 2.75) is 53.5 Å². The number of hydrogen-bond acceptors (Lipinski definition) is 1. The third-order valence-corrected chi connectivity index (χ3v) is 2.45. The van der Waals surface area contributed by atoms with Crippen molar-refractivity contribution in [2.24, 2.45) is 11.8 Å². The molecule has 1 N–H and O–H groups in total. The highest BCUT2D eigenvalue weighted by Crippen LogP contribution is 2.17. The van der Waals surface area contributed by atoms with Gasteiger partial charge < -0.3 is 5.32 Å². The molecule has 0 heterocycles. The zero-order valence-electron chi connectivity index (χ0n) is 9.55. The highest BCUT2D eigenvalue weighted by atomic mass is 16.1. The summed E-state index contributed by atoms with van der Waals surface area (Å²) in [5.74, 6) is 1.18. The molecular formula is C11H23NO. The minimum atomic E-state index is 0.0849. The molecule has 0 bridgehead atoms. The van der Waals surface area contributed by atoms with Gasteiger partial charge in [-0.25, -0.2) is 0 Å². The van der Waals surface area contributed by atoms with Gasteiger partial charge in [-0.15, -0.1) is 0 Å². The van der Waals surface area contributed by atoms with E-state index in [1.165, 1.54) is 12.8 Å². The van der Waals surface area contributed by atoms with Gasteiger partial charge in [-0.3, -0.25) is 4.79 Å². The Morgan fingerprint density at radius 1 is 1.31 bits per heavy atom. The van der Waals surface area contributed by atoms with Gasteiger partial charge >= 0.3 is 0 Å². The van der Waals surface area contributed by atoms with E-state index >= 15 is 0 Å². The zero-order valence-corrected chi connectivity index (χ0v) is 9.55. The summed E-state index contributed by atoms with van der Waals surface area (Å²) in [5, 5.41) is 3.02. The van der Waals surface area contributed by atoms with Crippen molar-refractivity contribution in [1.82, 2.24) is 5.32 Å². The van der Waals surface area contributed by atoms with Gasteiger partial charge in [-0.05, 0) is 18.3 Å².